The molecule has 7 heteroatoms. The second-order valence-electron chi connectivity index (χ2n) is 7.56. The molecule has 0 atom stereocenters. The Morgan fingerprint density at radius 1 is 0.735 bits per heavy atom. The van der Waals surface area contributed by atoms with E-state index < -0.39 is 10.0 Å². The van der Waals surface area contributed by atoms with Gasteiger partial charge in [-0.2, -0.15) is 0 Å². The van der Waals surface area contributed by atoms with Crippen LogP contribution >= 0.6 is 0 Å². The molecule has 0 saturated heterocycles. The van der Waals surface area contributed by atoms with Gasteiger partial charge in [0.05, 0.1) is 10.6 Å². The van der Waals surface area contributed by atoms with E-state index in [2.05, 4.69) is 10.0 Å². The number of hydrogen-bond donors (Lipinski definition) is 2. The lowest BCUT2D eigenvalue weighted by Crippen LogP contribution is -2.24. The molecule has 0 aliphatic heterocycles. The first-order valence-corrected chi connectivity index (χ1v) is 12.2. The second kappa shape index (κ2) is 10.7. The molecule has 0 saturated carbocycles. The van der Waals surface area contributed by atoms with Gasteiger partial charge in [-0.3, -0.25) is 9.52 Å². The van der Waals surface area contributed by atoms with E-state index in [0.29, 0.717) is 23.4 Å². The number of benzene rings is 4. The molecule has 0 aromatic heterocycles. The Morgan fingerprint density at radius 2 is 1.35 bits per heavy atom. The van der Waals surface area contributed by atoms with Gasteiger partial charge in [-0.05, 0) is 53.6 Å². The summed E-state index contributed by atoms with van der Waals surface area (Å²) in [6.45, 7) is 0.575. The van der Waals surface area contributed by atoms with Crippen LogP contribution in [0.3, 0.4) is 0 Å². The lowest BCUT2D eigenvalue weighted by atomic mass is 10.1. The van der Waals surface area contributed by atoms with Gasteiger partial charge in [0.2, 0.25) is 0 Å². The molecule has 0 spiro atoms. The van der Waals surface area contributed by atoms with Crippen molar-refractivity contribution in [3.05, 3.63) is 126 Å². The van der Waals surface area contributed by atoms with Crippen molar-refractivity contribution in [3.8, 4) is 5.75 Å². The first kappa shape index (κ1) is 23.1. The molecule has 4 aromatic carbocycles. The quantitative estimate of drug-likeness (QED) is 0.359. The van der Waals surface area contributed by atoms with Crippen molar-refractivity contribution in [2.24, 2.45) is 0 Å². The molecule has 0 radical (unpaired) electrons. The van der Waals surface area contributed by atoms with E-state index in [-0.39, 0.29) is 17.3 Å². The topological polar surface area (TPSA) is 84.5 Å². The van der Waals surface area contributed by atoms with E-state index in [1.165, 1.54) is 12.1 Å². The maximum absolute atomic E-state index is 12.7. The average molecular weight is 473 g/mol. The van der Waals surface area contributed by atoms with Crippen LogP contribution in [0.25, 0.3) is 0 Å². The van der Waals surface area contributed by atoms with Gasteiger partial charge in [-0.1, -0.05) is 66.7 Å². The first-order valence-electron chi connectivity index (χ1n) is 10.7. The highest BCUT2D eigenvalue weighted by molar-refractivity contribution is 7.92. The highest BCUT2D eigenvalue weighted by atomic mass is 32.2. The van der Waals surface area contributed by atoms with Crippen LogP contribution in [-0.2, 0) is 23.2 Å². The molecule has 172 valence electrons. The fraction of sp³-hybridized carbons (Fsp3) is 0.0741. The van der Waals surface area contributed by atoms with E-state index in [0.717, 1.165) is 11.3 Å². The predicted molar refractivity (Wildman–Crippen MR) is 132 cm³/mol. The lowest BCUT2D eigenvalue weighted by molar-refractivity contribution is 0.0951. The molecule has 6 nitrogen and oxygen atoms in total. The van der Waals surface area contributed by atoms with Gasteiger partial charge >= 0.3 is 0 Å². The summed E-state index contributed by atoms with van der Waals surface area (Å²) in [4.78, 5) is 12.8. The number of rotatable bonds is 9. The number of carbonyl (C=O) groups is 1. The van der Waals surface area contributed by atoms with Gasteiger partial charge < -0.3 is 10.1 Å². The number of sulfonamides is 1. The highest BCUT2D eigenvalue weighted by Crippen LogP contribution is 2.20. The molecule has 0 heterocycles. The normalized spacial score (nSPS) is 10.9. The molecular weight excluding hydrogens is 448 g/mol. The van der Waals surface area contributed by atoms with Gasteiger partial charge in [0.25, 0.3) is 15.9 Å². The first-order chi connectivity index (χ1) is 16.5. The molecule has 1 amide bonds. The largest absolute Gasteiger partial charge is 0.489 e. The Labute approximate surface area is 199 Å². The predicted octanol–water partition coefficient (Wildman–Crippen LogP) is 5.00. The van der Waals surface area contributed by atoms with Crippen LogP contribution in [0.5, 0.6) is 5.75 Å². The van der Waals surface area contributed by atoms with Crippen LogP contribution in [0, 0.1) is 0 Å². The third kappa shape index (κ3) is 6.02. The molecule has 34 heavy (non-hydrogen) atoms. The lowest BCUT2D eigenvalue weighted by Gasteiger charge is -2.13. The number of hydrogen-bond acceptors (Lipinski definition) is 4. The smallest absolute Gasteiger partial charge is 0.261 e. The number of para-hydroxylation sites is 2. The van der Waals surface area contributed by atoms with Crippen molar-refractivity contribution in [1.82, 2.24) is 5.32 Å². The molecule has 0 fully saturated rings. The summed E-state index contributed by atoms with van der Waals surface area (Å²) in [6.07, 6.45) is 0. The van der Waals surface area contributed by atoms with Crippen molar-refractivity contribution in [1.29, 1.82) is 0 Å². The fourth-order valence-corrected chi connectivity index (χ4v) is 4.41. The summed E-state index contributed by atoms with van der Waals surface area (Å²) < 4.78 is 33.7. The summed E-state index contributed by atoms with van der Waals surface area (Å²) in [6, 6.07) is 31.8. The van der Waals surface area contributed by atoms with Gasteiger partial charge in [0.15, 0.2) is 0 Å². The standard InChI is InChI=1S/C27H24N2O4S/c30-27(22-17-15-21(16-18-22)20-33-24-10-3-1-4-11-24)28-19-23-9-7-8-14-26(23)29-34(31,32)25-12-5-2-6-13-25/h1-18,29H,19-20H2,(H,28,30). The number of nitrogens with one attached hydrogen (secondary N) is 2. The summed E-state index contributed by atoms with van der Waals surface area (Å²) in [5.41, 5.74) is 2.52. The van der Waals surface area contributed by atoms with Crippen LogP contribution in [0.4, 0.5) is 5.69 Å². The van der Waals surface area contributed by atoms with Crippen molar-refractivity contribution in [2.45, 2.75) is 18.0 Å². The highest BCUT2D eigenvalue weighted by Gasteiger charge is 2.16. The number of ether oxygens (including phenoxy) is 1. The van der Waals surface area contributed by atoms with Gasteiger partial charge in [-0.25, -0.2) is 8.42 Å². The zero-order valence-electron chi connectivity index (χ0n) is 18.3. The van der Waals surface area contributed by atoms with Crippen molar-refractivity contribution in [3.63, 3.8) is 0 Å². The third-order valence-electron chi connectivity index (χ3n) is 5.12. The average Bonchev–Trinajstić information content (AvgIpc) is 2.88. The minimum absolute atomic E-state index is 0.171. The fourth-order valence-electron chi connectivity index (χ4n) is 3.29. The van der Waals surface area contributed by atoms with Crippen molar-refractivity contribution < 1.29 is 17.9 Å². The maximum Gasteiger partial charge on any atom is 0.261 e. The zero-order valence-corrected chi connectivity index (χ0v) is 19.2. The van der Waals surface area contributed by atoms with Crippen LogP contribution in [0.2, 0.25) is 0 Å². The summed E-state index contributed by atoms with van der Waals surface area (Å²) in [5.74, 6) is 0.530. The molecule has 4 rings (SSSR count). The Hall–Kier alpha value is -4.10. The maximum atomic E-state index is 12.7. The van der Waals surface area contributed by atoms with Crippen LogP contribution in [0.1, 0.15) is 21.5 Å². The monoisotopic (exact) mass is 472 g/mol. The molecule has 0 aliphatic rings. The number of carbonyl (C=O) groups excluding carboxylic acids is 1. The van der Waals surface area contributed by atoms with Crippen LogP contribution < -0.4 is 14.8 Å². The number of anilines is 1. The second-order valence-corrected chi connectivity index (χ2v) is 9.24. The summed E-state index contributed by atoms with van der Waals surface area (Å²) >= 11 is 0. The third-order valence-corrected chi connectivity index (χ3v) is 6.50. The van der Waals surface area contributed by atoms with Crippen molar-refractivity contribution in [2.75, 3.05) is 4.72 Å². The zero-order chi connectivity index (χ0) is 23.8. The summed E-state index contributed by atoms with van der Waals surface area (Å²) in [5, 5.41) is 2.85. The van der Waals surface area contributed by atoms with Gasteiger partial charge in [-0.15, -0.1) is 0 Å². The Balaban J connectivity index is 1.37. The van der Waals surface area contributed by atoms with E-state index in [9.17, 15) is 13.2 Å². The minimum atomic E-state index is -3.73. The molecular formula is C27H24N2O4S. The van der Waals surface area contributed by atoms with E-state index in [1.807, 2.05) is 42.5 Å². The summed E-state index contributed by atoms with van der Waals surface area (Å²) in [7, 11) is -3.73. The van der Waals surface area contributed by atoms with Gasteiger partial charge in [0, 0.05) is 12.1 Å². The van der Waals surface area contributed by atoms with E-state index in [4.69, 9.17) is 4.74 Å². The van der Waals surface area contributed by atoms with E-state index in [1.54, 1.807) is 54.6 Å². The Morgan fingerprint density at radius 3 is 2.06 bits per heavy atom. The van der Waals surface area contributed by atoms with Crippen LogP contribution in [-0.4, -0.2) is 14.3 Å². The molecule has 2 N–H and O–H groups in total. The molecule has 0 unspecified atom stereocenters. The van der Waals surface area contributed by atoms with E-state index >= 15 is 0 Å². The molecule has 0 aliphatic carbocycles. The Bertz CT molecular complexity index is 1340. The molecule has 0 bridgehead atoms. The van der Waals surface area contributed by atoms with Crippen molar-refractivity contribution >= 4 is 21.6 Å². The number of amides is 1. The Kier molecular flexibility index (Phi) is 7.25. The SMILES string of the molecule is O=C(NCc1ccccc1NS(=O)(=O)c1ccccc1)c1ccc(COc2ccccc2)cc1. The minimum Gasteiger partial charge on any atom is -0.489 e. The molecule has 4 aromatic rings. The van der Waals surface area contributed by atoms with Gasteiger partial charge in [0.1, 0.15) is 12.4 Å². The van der Waals surface area contributed by atoms with Crippen LogP contribution in [0.15, 0.2) is 114 Å².